The van der Waals surface area contributed by atoms with Gasteiger partial charge in [-0.1, -0.05) is 17.7 Å². The number of aromatic nitrogens is 5. The highest BCUT2D eigenvalue weighted by molar-refractivity contribution is 6.30. The number of anilines is 1. The van der Waals surface area contributed by atoms with Crippen LogP contribution in [0.1, 0.15) is 10.5 Å². The molecule has 3 heterocycles. The number of benzene rings is 1. The number of hydrogen-bond donors (Lipinski definition) is 1. The van der Waals surface area contributed by atoms with E-state index in [2.05, 4.69) is 20.5 Å². The predicted molar refractivity (Wildman–Crippen MR) is 95.2 cm³/mol. The van der Waals surface area contributed by atoms with Crippen LogP contribution in [0.25, 0.3) is 5.65 Å². The van der Waals surface area contributed by atoms with Gasteiger partial charge in [0.1, 0.15) is 5.75 Å². The lowest BCUT2D eigenvalue weighted by Gasteiger charge is -2.06. The molecule has 26 heavy (non-hydrogen) atoms. The molecule has 0 bridgehead atoms. The Bertz CT molecular complexity index is 1040. The second-order valence-corrected chi connectivity index (χ2v) is 5.84. The molecule has 8 nitrogen and oxygen atoms in total. The number of carbonyl (C=O) groups excluding carboxylic acids is 1. The van der Waals surface area contributed by atoms with E-state index in [9.17, 15) is 4.79 Å². The molecule has 0 saturated heterocycles. The third-order valence-corrected chi connectivity index (χ3v) is 3.75. The number of nitrogens with zero attached hydrogens (tertiary/aromatic N) is 5. The molecule has 1 aromatic carbocycles. The summed E-state index contributed by atoms with van der Waals surface area (Å²) < 4.78 is 8.69. The monoisotopic (exact) mass is 368 g/mol. The van der Waals surface area contributed by atoms with Crippen molar-refractivity contribution in [1.29, 1.82) is 0 Å². The topological polar surface area (TPSA) is 86.3 Å². The molecule has 0 fully saturated rings. The average molecular weight is 369 g/mol. The Morgan fingerprint density at radius 2 is 2.19 bits per heavy atom. The van der Waals surface area contributed by atoms with Crippen molar-refractivity contribution in [2.45, 2.75) is 6.73 Å². The lowest BCUT2D eigenvalue weighted by molar-refractivity contribution is 0.102. The van der Waals surface area contributed by atoms with Crippen LogP contribution in [0, 0.1) is 0 Å². The van der Waals surface area contributed by atoms with Crippen LogP contribution in [0.4, 0.5) is 5.69 Å². The van der Waals surface area contributed by atoms with Crippen LogP contribution < -0.4 is 10.1 Å². The quantitative estimate of drug-likeness (QED) is 0.585. The molecule has 0 aliphatic heterocycles. The first kappa shape index (κ1) is 16.1. The summed E-state index contributed by atoms with van der Waals surface area (Å²) in [4.78, 5) is 16.4. The first-order valence-corrected chi connectivity index (χ1v) is 8.08. The van der Waals surface area contributed by atoms with Crippen LogP contribution >= 0.6 is 11.6 Å². The van der Waals surface area contributed by atoms with E-state index in [0.29, 0.717) is 22.1 Å². The van der Waals surface area contributed by atoms with E-state index in [-0.39, 0.29) is 18.3 Å². The van der Waals surface area contributed by atoms with Crippen molar-refractivity contribution in [3.63, 3.8) is 0 Å². The third kappa shape index (κ3) is 3.50. The molecule has 1 amide bonds. The van der Waals surface area contributed by atoms with E-state index >= 15 is 0 Å². The molecule has 0 saturated carbocycles. The molecular formula is C17H13ClN6O2. The number of rotatable bonds is 5. The normalized spacial score (nSPS) is 10.8. The summed E-state index contributed by atoms with van der Waals surface area (Å²) in [6.07, 6.45) is 6.57. The molecule has 4 rings (SSSR count). The van der Waals surface area contributed by atoms with Gasteiger partial charge in [-0.15, -0.1) is 0 Å². The van der Waals surface area contributed by atoms with Crippen LogP contribution in [0.2, 0.25) is 5.02 Å². The average Bonchev–Trinajstić information content (AvgIpc) is 3.26. The standard InChI is InChI=1S/C17H13ClN6O2/c18-12-3-1-4-14(7-12)26-11-23-10-13(9-20-23)21-17(25)15-8-16-19-5-2-6-24(16)22-15/h1-10H,11H2,(H,21,25). The molecule has 9 heteroatoms. The molecule has 0 spiro atoms. The second-order valence-electron chi connectivity index (χ2n) is 5.41. The van der Waals surface area contributed by atoms with Gasteiger partial charge in [-0.25, -0.2) is 14.2 Å². The van der Waals surface area contributed by atoms with Gasteiger partial charge in [-0.05, 0) is 24.3 Å². The van der Waals surface area contributed by atoms with Gasteiger partial charge < -0.3 is 10.1 Å². The number of amides is 1. The van der Waals surface area contributed by atoms with Crippen molar-refractivity contribution in [2.24, 2.45) is 0 Å². The molecular weight excluding hydrogens is 356 g/mol. The highest BCUT2D eigenvalue weighted by atomic mass is 35.5. The highest BCUT2D eigenvalue weighted by Crippen LogP contribution is 2.17. The summed E-state index contributed by atoms with van der Waals surface area (Å²) in [6.45, 7) is 0.189. The minimum atomic E-state index is -0.342. The summed E-state index contributed by atoms with van der Waals surface area (Å²) in [7, 11) is 0. The Hall–Kier alpha value is -3.39. The smallest absolute Gasteiger partial charge is 0.276 e. The Balaban J connectivity index is 1.40. The van der Waals surface area contributed by atoms with Gasteiger partial charge in [0.15, 0.2) is 18.1 Å². The Labute approximate surface area is 153 Å². The van der Waals surface area contributed by atoms with E-state index in [4.69, 9.17) is 16.3 Å². The molecule has 0 unspecified atom stereocenters. The number of carbonyl (C=O) groups is 1. The molecule has 0 aliphatic carbocycles. The lowest BCUT2D eigenvalue weighted by atomic mass is 10.3. The maximum Gasteiger partial charge on any atom is 0.276 e. The number of fused-ring (bicyclic) bond motifs is 1. The van der Waals surface area contributed by atoms with Crippen molar-refractivity contribution >= 4 is 28.8 Å². The molecule has 4 aromatic rings. The van der Waals surface area contributed by atoms with Crippen molar-refractivity contribution in [3.8, 4) is 5.75 Å². The summed E-state index contributed by atoms with van der Waals surface area (Å²) in [5.74, 6) is 0.293. The minimum Gasteiger partial charge on any atom is -0.471 e. The Morgan fingerprint density at radius 1 is 1.27 bits per heavy atom. The summed E-state index contributed by atoms with van der Waals surface area (Å²) in [5.41, 5.74) is 1.41. The predicted octanol–water partition coefficient (Wildman–Crippen LogP) is 2.87. The van der Waals surface area contributed by atoms with E-state index in [1.165, 1.54) is 10.7 Å². The van der Waals surface area contributed by atoms with Gasteiger partial charge in [-0.3, -0.25) is 4.79 Å². The fourth-order valence-electron chi connectivity index (χ4n) is 2.33. The Kier molecular flexibility index (Phi) is 4.24. The van der Waals surface area contributed by atoms with E-state index in [1.54, 1.807) is 59.7 Å². The van der Waals surface area contributed by atoms with Crippen LogP contribution in [0.5, 0.6) is 5.75 Å². The van der Waals surface area contributed by atoms with Crippen molar-refractivity contribution < 1.29 is 9.53 Å². The molecule has 3 aromatic heterocycles. The number of nitrogens with one attached hydrogen (secondary N) is 1. The summed E-state index contributed by atoms with van der Waals surface area (Å²) >= 11 is 5.91. The fourth-order valence-corrected chi connectivity index (χ4v) is 2.51. The minimum absolute atomic E-state index is 0.189. The Morgan fingerprint density at radius 3 is 3.04 bits per heavy atom. The maximum absolute atomic E-state index is 12.3. The maximum atomic E-state index is 12.3. The second kappa shape index (κ2) is 6.85. The number of hydrogen-bond acceptors (Lipinski definition) is 5. The van der Waals surface area contributed by atoms with Gasteiger partial charge >= 0.3 is 0 Å². The zero-order valence-corrected chi connectivity index (χ0v) is 14.2. The van der Waals surface area contributed by atoms with Crippen LogP contribution in [0.3, 0.4) is 0 Å². The molecule has 130 valence electrons. The van der Waals surface area contributed by atoms with Gasteiger partial charge in [-0.2, -0.15) is 10.2 Å². The van der Waals surface area contributed by atoms with E-state index in [0.717, 1.165) is 0 Å². The zero-order chi connectivity index (χ0) is 17.9. The van der Waals surface area contributed by atoms with Gasteiger partial charge in [0, 0.05) is 23.5 Å². The van der Waals surface area contributed by atoms with E-state index < -0.39 is 0 Å². The van der Waals surface area contributed by atoms with Crippen LogP contribution in [0.15, 0.2) is 61.2 Å². The van der Waals surface area contributed by atoms with Gasteiger partial charge in [0.25, 0.3) is 5.91 Å². The first-order chi connectivity index (χ1) is 12.7. The van der Waals surface area contributed by atoms with Gasteiger partial charge in [0.2, 0.25) is 0 Å². The third-order valence-electron chi connectivity index (χ3n) is 3.52. The molecule has 0 radical (unpaired) electrons. The van der Waals surface area contributed by atoms with Crippen molar-refractivity contribution in [3.05, 3.63) is 71.9 Å². The molecule has 0 atom stereocenters. The van der Waals surface area contributed by atoms with E-state index in [1.807, 2.05) is 0 Å². The number of halogens is 1. The summed E-state index contributed by atoms with van der Waals surface area (Å²) in [5, 5.41) is 11.7. The van der Waals surface area contributed by atoms with Crippen LogP contribution in [-0.4, -0.2) is 30.3 Å². The van der Waals surface area contributed by atoms with Gasteiger partial charge in [0.05, 0.1) is 18.1 Å². The first-order valence-electron chi connectivity index (χ1n) is 7.70. The zero-order valence-electron chi connectivity index (χ0n) is 13.4. The lowest BCUT2D eigenvalue weighted by Crippen LogP contribution is -2.12. The summed E-state index contributed by atoms with van der Waals surface area (Å²) in [6, 6.07) is 10.4. The van der Waals surface area contributed by atoms with Crippen molar-refractivity contribution in [1.82, 2.24) is 24.4 Å². The highest BCUT2D eigenvalue weighted by Gasteiger charge is 2.12. The van der Waals surface area contributed by atoms with Crippen LogP contribution in [-0.2, 0) is 6.73 Å². The SMILES string of the molecule is O=C(Nc1cnn(COc2cccc(Cl)c2)c1)c1cc2ncccn2n1. The molecule has 0 aliphatic rings. The molecule has 1 N–H and O–H groups in total. The fraction of sp³-hybridized carbons (Fsp3) is 0.0588. The van der Waals surface area contributed by atoms with Crippen molar-refractivity contribution in [2.75, 3.05) is 5.32 Å². The largest absolute Gasteiger partial charge is 0.471 e. The number of ether oxygens (including phenoxy) is 1.